The molecule has 1 aliphatic heterocycles. The third-order valence-electron chi connectivity index (χ3n) is 5.31. The quantitative estimate of drug-likeness (QED) is 0.575. The fraction of sp³-hybridized carbons (Fsp3) is 0.524. The maximum Gasteiger partial charge on any atom is 0.240 e. The van der Waals surface area contributed by atoms with E-state index in [2.05, 4.69) is 20.8 Å². The van der Waals surface area contributed by atoms with Gasteiger partial charge in [-0.2, -0.15) is 5.10 Å². The summed E-state index contributed by atoms with van der Waals surface area (Å²) in [7, 11) is 0. The number of hydrogen-bond acceptors (Lipinski definition) is 5. The van der Waals surface area contributed by atoms with Crippen molar-refractivity contribution in [2.45, 2.75) is 64.5 Å². The second kappa shape index (κ2) is 9.37. The smallest absolute Gasteiger partial charge is 0.240 e. The van der Waals surface area contributed by atoms with E-state index in [1.807, 2.05) is 39.0 Å². The molecule has 2 amide bonds. The minimum atomic E-state index is -0.478. The molecule has 0 bridgehead atoms. The summed E-state index contributed by atoms with van der Waals surface area (Å²) >= 11 is 1.28. The fourth-order valence-electron chi connectivity index (χ4n) is 3.55. The molecule has 0 unspecified atom stereocenters. The Labute approximate surface area is 170 Å². The summed E-state index contributed by atoms with van der Waals surface area (Å²) in [5.41, 5.74) is 3.89. The van der Waals surface area contributed by atoms with Gasteiger partial charge in [0.1, 0.15) is 5.25 Å². The molecule has 28 heavy (non-hydrogen) atoms. The van der Waals surface area contributed by atoms with Crippen molar-refractivity contribution >= 4 is 40.1 Å². The number of aryl methyl sites for hydroxylation is 2. The summed E-state index contributed by atoms with van der Waals surface area (Å²) in [5, 5.41) is 14.2. The second-order valence-electron chi connectivity index (χ2n) is 7.65. The van der Waals surface area contributed by atoms with Crippen molar-refractivity contribution in [3.8, 4) is 0 Å². The molecule has 1 atom stereocenters. The number of amides is 2. The van der Waals surface area contributed by atoms with Gasteiger partial charge in [-0.3, -0.25) is 9.59 Å². The predicted octanol–water partition coefficient (Wildman–Crippen LogP) is 4.18. The Bertz CT molecular complexity index is 813. The van der Waals surface area contributed by atoms with Gasteiger partial charge in [-0.25, -0.2) is 0 Å². The van der Waals surface area contributed by atoms with Gasteiger partial charge in [-0.05, 0) is 56.7 Å². The normalized spacial score (nSPS) is 22.4. The van der Waals surface area contributed by atoms with Gasteiger partial charge in [-0.1, -0.05) is 43.2 Å². The first-order valence-electron chi connectivity index (χ1n) is 9.89. The molecular weight excluding hydrogens is 372 g/mol. The lowest BCUT2D eigenvalue weighted by molar-refractivity contribution is -0.122. The molecule has 0 aromatic heterocycles. The molecule has 0 radical (unpaired) electrons. The lowest BCUT2D eigenvalue weighted by Gasteiger charge is -2.20. The first kappa shape index (κ1) is 20.6. The Morgan fingerprint density at radius 3 is 2.75 bits per heavy atom. The number of rotatable bonds is 5. The molecule has 1 aliphatic carbocycles. The molecule has 2 N–H and O–H groups in total. The van der Waals surface area contributed by atoms with E-state index in [0.29, 0.717) is 11.1 Å². The van der Waals surface area contributed by atoms with Crippen LogP contribution in [0.15, 0.2) is 28.4 Å². The number of anilines is 1. The van der Waals surface area contributed by atoms with Crippen molar-refractivity contribution in [3.05, 3.63) is 29.3 Å². The highest BCUT2D eigenvalue weighted by Crippen LogP contribution is 2.26. The zero-order valence-corrected chi connectivity index (χ0v) is 17.6. The van der Waals surface area contributed by atoms with Crippen LogP contribution in [0.3, 0.4) is 0 Å². The van der Waals surface area contributed by atoms with E-state index in [0.717, 1.165) is 22.5 Å². The van der Waals surface area contributed by atoms with Crippen LogP contribution in [-0.2, 0) is 9.59 Å². The Hall–Kier alpha value is -2.15. The van der Waals surface area contributed by atoms with E-state index in [4.69, 9.17) is 0 Å². The highest BCUT2D eigenvalue weighted by molar-refractivity contribution is 8.15. The number of thioether (sulfide) groups is 1. The van der Waals surface area contributed by atoms with Gasteiger partial charge in [0.25, 0.3) is 0 Å². The molecular formula is C21H28N4O2S. The van der Waals surface area contributed by atoms with Crippen LogP contribution in [0.2, 0.25) is 0 Å². The highest BCUT2D eigenvalue weighted by atomic mass is 32.2. The zero-order valence-electron chi connectivity index (χ0n) is 16.7. The first-order chi connectivity index (χ1) is 13.4. The summed E-state index contributed by atoms with van der Waals surface area (Å²) in [4.78, 5) is 24.6. The summed E-state index contributed by atoms with van der Waals surface area (Å²) in [6.45, 7) is 5.94. The van der Waals surface area contributed by atoms with E-state index < -0.39 is 5.25 Å². The molecule has 1 aromatic rings. The number of nitrogens with one attached hydrogen (secondary N) is 2. The summed E-state index contributed by atoms with van der Waals surface area (Å²) in [6, 6.07) is 5.91. The Balaban J connectivity index is 1.56. The van der Waals surface area contributed by atoms with Crippen molar-refractivity contribution in [3.63, 3.8) is 0 Å². The minimum absolute atomic E-state index is 0.105. The Kier molecular flexibility index (Phi) is 6.88. The Morgan fingerprint density at radius 2 is 2.00 bits per heavy atom. The molecule has 1 aromatic carbocycles. The Morgan fingerprint density at radius 1 is 1.25 bits per heavy atom. The van der Waals surface area contributed by atoms with Crippen molar-refractivity contribution in [2.24, 2.45) is 16.1 Å². The molecule has 2 aliphatic rings. The van der Waals surface area contributed by atoms with Crippen molar-refractivity contribution in [1.82, 2.24) is 5.32 Å². The average molecular weight is 401 g/mol. The number of carbonyl (C=O) groups is 2. The molecule has 6 nitrogen and oxygen atoms in total. The topological polar surface area (TPSA) is 82.9 Å². The van der Waals surface area contributed by atoms with Crippen molar-refractivity contribution < 1.29 is 9.59 Å². The minimum Gasteiger partial charge on any atom is -0.326 e. The number of hydrogen-bond donors (Lipinski definition) is 2. The number of benzene rings is 1. The third-order valence-corrected chi connectivity index (χ3v) is 6.38. The molecule has 3 rings (SSSR count). The maximum atomic E-state index is 12.4. The number of carbonyl (C=O) groups excluding carboxylic acids is 2. The van der Waals surface area contributed by atoms with Crippen molar-refractivity contribution in [1.29, 1.82) is 0 Å². The average Bonchev–Trinajstić information content (AvgIpc) is 3.02. The van der Waals surface area contributed by atoms with Crippen LogP contribution in [0.1, 0.15) is 56.6 Å². The maximum absolute atomic E-state index is 12.4. The SMILES string of the molecule is C/C(=N/N=C1\NC(=O)[C@H](CC(=O)Nc2cc(C)ccc2C)S1)C1CCCCC1. The van der Waals surface area contributed by atoms with Gasteiger partial charge in [-0.15, -0.1) is 5.10 Å². The number of amidine groups is 1. The van der Waals surface area contributed by atoms with E-state index in [9.17, 15) is 9.59 Å². The lowest BCUT2D eigenvalue weighted by atomic mass is 9.86. The van der Waals surface area contributed by atoms with Crippen LogP contribution in [0.4, 0.5) is 5.69 Å². The van der Waals surface area contributed by atoms with E-state index in [-0.39, 0.29) is 18.2 Å². The van der Waals surface area contributed by atoms with E-state index in [1.54, 1.807) is 0 Å². The van der Waals surface area contributed by atoms with E-state index >= 15 is 0 Å². The first-order valence-corrected chi connectivity index (χ1v) is 10.8. The molecule has 7 heteroatoms. The molecule has 150 valence electrons. The standard InChI is InChI=1S/C21H28N4O2S/c1-13-9-10-14(2)17(11-13)22-19(26)12-18-20(27)23-21(28-18)25-24-15(3)16-7-5-4-6-8-16/h9-11,16,18H,4-8,12H2,1-3H3,(H,22,26)(H,23,25,27)/b24-15-/t18-/m0/s1. The predicted molar refractivity (Wildman–Crippen MR) is 116 cm³/mol. The molecule has 1 heterocycles. The van der Waals surface area contributed by atoms with Gasteiger partial charge in [0.2, 0.25) is 11.8 Å². The lowest BCUT2D eigenvalue weighted by Crippen LogP contribution is -2.28. The van der Waals surface area contributed by atoms with Crippen molar-refractivity contribution in [2.75, 3.05) is 5.32 Å². The van der Waals surface area contributed by atoms with Crippen LogP contribution in [0.5, 0.6) is 0 Å². The summed E-state index contributed by atoms with van der Waals surface area (Å²) in [6.07, 6.45) is 6.24. The summed E-state index contributed by atoms with van der Waals surface area (Å²) < 4.78 is 0. The number of nitrogens with zero attached hydrogens (tertiary/aromatic N) is 2. The summed E-state index contributed by atoms with van der Waals surface area (Å²) in [5.74, 6) is 0.134. The van der Waals surface area contributed by atoms with Gasteiger partial charge < -0.3 is 10.6 Å². The molecule has 1 saturated heterocycles. The fourth-order valence-corrected chi connectivity index (χ4v) is 4.47. The molecule has 0 spiro atoms. The van der Waals surface area contributed by atoms with Crippen LogP contribution < -0.4 is 10.6 Å². The molecule has 1 saturated carbocycles. The van der Waals surface area contributed by atoms with Crippen LogP contribution in [-0.4, -0.2) is 27.9 Å². The second-order valence-corrected chi connectivity index (χ2v) is 8.84. The van der Waals surface area contributed by atoms with Crippen LogP contribution >= 0.6 is 11.8 Å². The highest BCUT2D eigenvalue weighted by Gasteiger charge is 2.32. The van der Waals surface area contributed by atoms with Gasteiger partial charge in [0.05, 0.1) is 0 Å². The molecule has 2 fully saturated rings. The third kappa shape index (κ3) is 5.44. The zero-order chi connectivity index (χ0) is 20.1. The van der Waals surface area contributed by atoms with E-state index in [1.165, 1.54) is 43.9 Å². The van der Waals surface area contributed by atoms with Gasteiger partial charge in [0.15, 0.2) is 5.17 Å². The largest absolute Gasteiger partial charge is 0.326 e. The van der Waals surface area contributed by atoms with Crippen LogP contribution in [0.25, 0.3) is 0 Å². The van der Waals surface area contributed by atoms with Crippen LogP contribution in [0, 0.1) is 19.8 Å². The van der Waals surface area contributed by atoms with Gasteiger partial charge >= 0.3 is 0 Å². The monoisotopic (exact) mass is 400 g/mol. The van der Waals surface area contributed by atoms with Gasteiger partial charge in [0, 0.05) is 17.8 Å².